The van der Waals surface area contributed by atoms with Crippen LogP contribution in [0.2, 0.25) is 0 Å². The van der Waals surface area contributed by atoms with Crippen molar-refractivity contribution in [3.8, 4) is 11.3 Å². The standard InChI is InChI=1S/C19H19N3O2S/c1-13(19-20-12-15(22-19)14-6-3-2-4-7-14)21-18(24)10-9-16(23)17-8-5-11-25-17/h2-8,11-13H,9-10H2,1H3,(H,20,22)(H,21,24). The van der Waals surface area contributed by atoms with Crippen LogP contribution in [0, 0.1) is 0 Å². The second-order valence-corrected chi connectivity index (χ2v) is 6.69. The Labute approximate surface area is 150 Å². The van der Waals surface area contributed by atoms with E-state index in [1.165, 1.54) is 11.3 Å². The molecule has 3 aromatic rings. The maximum absolute atomic E-state index is 12.1. The zero-order valence-corrected chi connectivity index (χ0v) is 14.7. The third-order valence-electron chi connectivity index (χ3n) is 3.84. The smallest absolute Gasteiger partial charge is 0.221 e. The highest BCUT2D eigenvalue weighted by Gasteiger charge is 2.15. The van der Waals surface area contributed by atoms with E-state index in [1.54, 1.807) is 12.3 Å². The van der Waals surface area contributed by atoms with E-state index >= 15 is 0 Å². The molecule has 128 valence electrons. The van der Waals surface area contributed by atoms with E-state index in [1.807, 2.05) is 48.7 Å². The van der Waals surface area contributed by atoms with Crippen LogP contribution in [0.25, 0.3) is 11.3 Å². The summed E-state index contributed by atoms with van der Waals surface area (Å²) in [7, 11) is 0. The molecular formula is C19H19N3O2S. The minimum Gasteiger partial charge on any atom is -0.346 e. The second-order valence-electron chi connectivity index (χ2n) is 5.74. The molecule has 0 fully saturated rings. The predicted octanol–water partition coefficient (Wildman–Crippen LogP) is 3.98. The van der Waals surface area contributed by atoms with Crippen LogP contribution in [-0.4, -0.2) is 21.7 Å². The zero-order valence-electron chi connectivity index (χ0n) is 13.9. The lowest BCUT2D eigenvalue weighted by atomic mass is 10.2. The number of nitrogens with one attached hydrogen (secondary N) is 2. The molecule has 3 rings (SSSR count). The first-order chi connectivity index (χ1) is 12.1. The van der Waals surface area contributed by atoms with Crippen LogP contribution < -0.4 is 5.32 Å². The number of imidazole rings is 1. The van der Waals surface area contributed by atoms with E-state index in [0.717, 1.165) is 11.3 Å². The fourth-order valence-corrected chi connectivity index (χ4v) is 3.18. The molecule has 25 heavy (non-hydrogen) atoms. The first-order valence-corrected chi connectivity index (χ1v) is 8.98. The van der Waals surface area contributed by atoms with Crippen molar-refractivity contribution in [2.45, 2.75) is 25.8 Å². The summed E-state index contributed by atoms with van der Waals surface area (Å²) in [5, 5.41) is 4.74. The molecule has 1 aromatic carbocycles. The topological polar surface area (TPSA) is 74.8 Å². The average Bonchev–Trinajstić information content (AvgIpc) is 3.32. The summed E-state index contributed by atoms with van der Waals surface area (Å²) >= 11 is 1.40. The minimum atomic E-state index is -0.248. The number of benzene rings is 1. The number of rotatable bonds is 7. The molecule has 2 aromatic heterocycles. The van der Waals surface area contributed by atoms with Crippen LogP contribution in [0.5, 0.6) is 0 Å². The average molecular weight is 353 g/mol. The summed E-state index contributed by atoms with van der Waals surface area (Å²) in [6.45, 7) is 1.87. The Hall–Kier alpha value is -2.73. The molecule has 1 unspecified atom stereocenters. The lowest BCUT2D eigenvalue weighted by Gasteiger charge is -2.11. The van der Waals surface area contributed by atoms with Gasteiger partial charge in [0.15, 0.2) is 5.78 Å². The minimum absolute atomic E-state index is 0.00201. The van der Waals surface area contributed by atoms with Crippen LogP contribution in [-0.2, 0) is 4.79 Å². The third-order valence-corrected chi connectivity index (χ3v) is 4.75. The van der Waals surface area contributed by atoms with Gasteiger partial charge in [0, 0.05) is 12.8 Å². The summed E-state index contributed by atoms with van der Waals surface area (Å²) < 4.78 is 0. The normalized spacial score (nSPS) is 11.9. The number of ketones is 1. The fraction of sp³-hybridized carbons (Fsp3) is 0.211. The van der Waals surface area contributed by atoms with Crippen molar-refractivity contribution in [2.24, 2.45) is 0 Å². The Morgan fingerprint density at radius 2 is 1.96 bits per heavy atom. The summed E-state index contributed by atoms with van der Waals surface area (Å²) in [5.41, 5.74) is 1.95. The highest BCUT2D eigenvalue weighted by molar-refractivity contribution is 7.12. The summed E-state index contributed by atoms with van der Waals surface area (Å²) in [6, 6.07) is 13.2. The van der Waals surface area contributed by atoms with Gasteiger partial charge in [0.05, 0.1) is 22.8 Å². The van der Waals surface area contributed by atoms with E-state index in [-0.39, 0.29) is 30.6 Å². The summed E-state index contributed by atoms with van der Waals surface area (Å²) in [5.74, 6) is 0.536. The van der Waals surface area contributed by atoms with Crippen molar-refractivity contribution in [3.63, 3.8) is 0 Å². The maximum atomic E-state index is 12.1. The van der Waals surface area contributed by atoms with E-state index in [2.05, 4.69) is 15.3 Å². The molecule has 2 heterocycles. The van der Waals surface area contributed by atoms with Crippen LogP contribution >= 0.6 is 11.3 Å². The van der Waals surface area contributed by atoms with Crippen LogP contribution in [0.3, 0.4) is 0 Å². The fourth-order valence-electron chi connectivity index (χ4n) is 2.49. The van der Waals surface area contributed by atoms with E-state index in [4.69, 9.17) is 0 Å². The molecule has 0 aliphatic heterocycles. The van der Waals surface area contributed by atoms with Gasteiger partial charge in [0.25, 0.3) is 0 Å². The van der Waals surface area contributed by atoms with E-state index in [0.29, 0.717) is 10.7 Å². The maximum Gasteiger partial charge on any atom is 0.221 e. The van der Waals surface area contributed by atoms with Gasteiger partial charge in [-0.05, 0) is 23.9 Å². The number of nitrogens with zero attached hydrogens (tertiary/aromatic N) is 1. The van der Waals surface area contributed by atoms with Crippen LogP contribution in [0.4, 0.5) is 0 Å². The largest absolute Gasteiger partial charge is 0.346 e. The highest BCUT2D eigenvalue weighted by atomic mass is 32.1. The molecule has 0 spiro atoms. The van der Waals surface area contributed by atoms with Gasteiger partial charge in [-0.1, -0.05) is 36.4 Å². The summed E-state index contributed by atoms with van der Waals surface area (Å²) in [6.07, 6.45) is 2.15. The van der Waals surface area contributed by atoms with Gasteiger partial charge in [-0.2, -0.15) is 0 Å². The number of hydrogen-bond acceptors (Lipinski definition) is 4. The first kappa shape index (κ1) is 17.1. The van der Waals surface area contributed by atoms with Gasteiger partial charge in [0.2, 0.25) is 5.91 Å². The van der Waals surface area contributed by atoms with Gasteiger partial charge in [0.1, 0.15) is 5.82 Å². The Bertz CT molecular complexity index is 841. The molecule has 0 radical (unpaired) electrons. The quantitative estimate of drug-likeness (QED) is 0.631. The van der Waals surface area contributed by atoms with Gasteiger partial charge >= 0.3 is 0 Å². The molecule has 0 aliphatic carbocycles. The van der Waals surface area contributed by atoms with Gasteiger partial charge in [-0.3, -0.25) is 9.59 Å². The SMILES string of the molecule is CC(NC(=O)CCC(=O)c1cccs1)c1ncc(-c2ccccc2)[nH]1. The molecule has 1 atom stereocenters. The number of thiophene rings is 1. The van der Waals surface area contributed by atoms with Crippen molar-refractivity contribution < 1.29 is 9.59 Å². The van der Waals surface area contributed by atoms with E-state index < -0.39 is 0 Å². The lowest BCUT2D eigenvalue weighted by molar-refractivity contribution is -0.121. The third kappa shape index (κ3) is 4.42. The second kappa shape index (κ2) is 7.90. The van der Waals surface area contributed by atoms with Gasteiger partial charge in [-0.15, -0.1) is 11.3 Å². The van der Waals surface area contributed by atoms with Crippen LogP contribution in [0.1, 0.15) is 41.3 Å². The molecule has 6 heteroatoms. The highest BCUT2D eigenvalue weighted by Crippen LogP contribution is 2.19. The van der Waals surface area contributed by atoms with Crippen molar-refractivity contribution in [3.05, 3.63) is 64.7 Å². The number of carbonyl (C=O) groups excluding carboxylic acids is 2. The molecule has 0 saturated carbocycles. The predicted molar refractivity (Wildman–Crippen MR) is 98.5 cm³/mol. The number of Topliss-reactive ketones (excluding diaryl/α,β-unsaturated/α-hetero) is 1. The molecule has 2 N–H and O–H groups in total. The zero-order chi connectivity index (χ0) is 17.6. The monoisotopic (exact) mass is 353 g/mol. The van der Waals surface area contributed by atoms with Crippen LogP contribution in [0.15, 0.2) is 54.0 Å². The number of aromatic amines is 1. The van der Waals surface area contributed by atoms with Crippen molar-refractivity contribution in [1.29, 1.82) is 0 Å². The molecule has 0 bridgehead atoms. The van der Waals surface area contributed by atoms with Gasteiger partial charge in [-0.25, -0.2) is 4.98 Å². The van der Waals surface area contributed by atoms with E-state index in [9.17, 15) is 9.59 Å². The molecule has 0 aliphatic rings. The van der Waals surface area contributed by atoms with Crippen molar-refractivity contribution in [1.82, 2.24) is 15.3 Å². The number of amides is 1. The Balaban J connectivity index is 1.53. The Morgan fingerprint density at radius 1 is 1.16 bits per heavy atom. The Kier molecular flexibility index (Phi) is 5.40. The van der Waals surface area contributed by atoms with Gasteiger partial charge < -0.3 is 10.3 Å². The van der Waals surface area contributed by atoms with Crippen molar-refractivity contribution in [2.75, 3.05) is 0 Å². The summed E-state index contributed by atoms with van der Waals surface area (Å²) in [4.78, 5) is 32.3. The Morgan fingerprint density at radius 3 is 2.68 bits per heavy atom. The lowest BCUT2D eigenvalue weighted by Crippen LogP contribution is -2.27. The molecule has 0 saturated heterocycles. The molecule has 5 nitrogen and oxygen atoms in total. The number of H-pyrrole nitrogens is 1. The molecule has 1 amide bonds. The van der Waals surface area contributed by atoms with Crippen molar-refractivity contribution >= 4 is 23.0 Å². The number of hydrogen-bond donors (Lipinski definition) is 2. The first-order valence-electron chi connectivity index (χ1n) is 8.10. The number of carbonyl (C=O) groups is 2. The molecular weight excluding hydrogens is 334 g/mol. The number of aromatic nitrogens is 2.